The van der Waals surface area contributed by atoms with Crippen LogP contribution >= 0.6 is 11.6 Å². The average Bonchev–Trinajstić information content (AvgIpc) is 2.52. The minimum atomic E-state index is -0.510. The van der Waals surface area contributed by atoms with Crippen molar-refractivity contribution < 1.29 is 9.59 Å². The van der Waals surface area contributed by atoms with Crippen molar-refractivity contribution >= 4 is 29.1 Å². The smallest absolute Gasteiger partial charge is 0.276 e. The topological polar surface area (TPSA) is 84.0 Å². The fourth-order valence-corrected chi connectivity index (χ4v) is 2.12. The van der Waals surface area contributed by atoms with Crippen molar-refractivity contribution in [3.8, 4) is 0 Å². The van der Waals surface area contributed by atoms with Crippen molar-refractivity contribution in [3.05, 3.63) is 51.6 Å². The monoisotopic (exact) mass is 332 g/mol. The maximum atomic E-state index is 12.5. The number of rotatable bonds is 3. The lowest BCUT2D eigenvalue weighted by molar-refractivity contribution is 0.0941. The van der Waals surface area contributed by atoms with Crippen molar-refractivity contribution in [2.45, 2.75) is 20.8 Å². The van der Waals surface area contributed by atoms with Gasteiger partial charge in [-0.1, -0.05) is 17.7 Å². The lowest BCUT2D eigenvalue weighted by Crippen LogP contribution is -2.27. The highest BCUT2D eigenvalue weighted by Crippen LogP contribution is 2.21. The quantitative estimate of drug-likeness (QED) is 0.905. The Morgan fingerprint density at radius 3 is 2.13 bits per heavy atom. The van der Waals surface area contributed by atoms with E-state index >= 15 is 0 Å². The van der Waals surface area contributed by atoms with Gasteiger partial charge in [-0.05, 0) is 38.5 Å². The van der Waals surface area contributed by atoms with E-state index in [1.165, 1.54) is 7.05 Å². The molecule has 1 aromatic carbocycles. The predicted molar refractivity (Wildman–Crippen MR) is 89.0 cm³/mol. The number of aryl methyl sites for hydroxylation is 3. The molecule has 0 radical (unpaired) electrons. The van der Waals surface area contributed by atoms with Crippen LogP contribution in [-0.2, 0) is 0 Å². The van der Waals surface area contributed by atoms with Gasteiger partial charge in [0.2, 0.25) is 0 Å². The number of halogens is 1. The first-order chi connectivity index (χ1) is 10.8. The van der Waals surface area contributed by atoms with Gasteiger partial charge in [-0.2, -0.15) is 0 Å². The first-order valence-corrected chi connectivity index (χ1v) is 7.36. The molecule has 6 nitrogen and oxygen atoms in total. The molecule has 0 aliphatic carbocycles. The summed E-state index contributed by atoms with van der Waals surface area (Å²) in [6.07, 6.45) is 0. The van der Waals surface area contributed by atoms with Gasteiger partial charge in [0, 0.05) is 17.8 Å². The third kappa shape index (κ3) is 3.65. The Morgan fingerprint density at radius 2 is 1.57 bits per heavy atom. The van der Waals surface area contributed by atoms with Gasteiger partial charge in [-0.15, -0.1) is 0 Å². The van der Waals surface area contributed by atoms with Gasteiger partial charge in [-0.25, -0.2) is 9.97 Å². The molecule has 0 fully saturated rings. The lowest BCUT2D eigenvalue weighted by atomic mass is 10.2. The lowest BCUT2D eigenvalue weighted by Gasteiger charge is -2.12. The normalized spacial score (nSPS) is 10.3. The Bertz CT molecular complexity index is 790. The highest BCUT2D eigenvalue weighted by atomic mass is 35.5. The molecule has 0 atom stereocenters. The molecule has 0 bridgehead atoms. The second kappa shape index (κ2) is 6.75. The average molecular weight is 333 g/mol. The molecule has 2 N–H and O–H groups in total. The number of benzene rings is 1. The number of anilines is 1. The van der Waals surface area contributed by atoms with Gasteiger partial charge in [0.25, 0.3) is 11.8 Å². The first-order valence-electron chi connectivity index (χ1n) is 6.98. The number of nitrogens with one attached hydrogen (secondary N) is 2. The van der Waals surface area contributed by atoms with Crippen molar-refractivity contribution in [3.63, 3.8) is 0 Å². The minimum Gasteiger partial charge on any atom is -0.354 e. The third-order valence-electron chi connectivity index (χ3n) is 3.41. The van der Waals surface area contributed by atoms with Crippen molar-refractivity contribution in [1.82, 2.24) is 15.3 Å². The maximum absolute atomic E-state index is 12.5. The molecule has 0 saturated heterocycles. The summed E-state index contributed by atoms with van der Waals surface area (Å²) < 4.78 is 0. The van der Waals surface area contributed by atoms with E-state index in [9.17, 15) is 9.59 Å². The number of nitrogens with zero attached hydrogens (tertiary/aromatic N) is 2. The zero-order chi connectivity index (χ0) is 17.1. The molecule has 0 saturated carbocycles. The first kappa shape index (κ1) is 16.9. The molecule has 2 aromatic rings. The molecule has 23 heavy (non-hydrogen) atoms. The molecule has 7 heteroatoms. The van der Waals surface area contributed by atoms with Crippen LogP contribution in [0.25, 0.3) is 0 Å². The summed E-state index contributed by atoms with van der Waals surface area (Å²) in [6.45, 7) is 5.31. The maximum Gasteiger partial charge on any atom is 0.276 e. The Balaban J connectivity index is 2.44. The molecule has 2 rings (SSSR count). The molecule has 0 aliphatic heterocycles. The van der Waals surface area contributed by atoms with Crippen LogP contribution in [0.2, 0.25) is 5.02 Å². The van der Waals surface area contributed by atoms with Crippen LogP contribution in [0, 0.1) is 20.8 Å². The van der Waals surface area contributed by atoms with Gasteiger partial charge in [0.15, 0.2) is 11.4 Å². The van der Waals surface area contributed by atoms with Gasteiger partial charge in [-0.3, -0.25) is 9.59 Å². The summed E-state index contributed by atoms with van der Waals surface area (Å²) >= 11 is 5.95. The molecule has 0 spiro atoms. The fourth-order valence-electron chi connectivity index (χ4n) is 1.95. The largest absolute Gasteiger partial charge is 0.354 e. The van der Waals surface area contributed by atoms with E-state index in [0.717, 1.165) is 5.56 Å². The van der Waals surface area contributed by atoms with E-state index in [2.05, 4.69) is 20.6 Å². The fraction of sp³-hybridized carbons (Fsp3) is 0.250. The van der Waals surface area contributed by atoms with Gasteiger partial charge < -0.3 is 10.6 Å². The molecule has 1 aromatic heterocycles. The van der Waals surface area contributed by atoms with Crippen molar-refractivity contribution in [2.75, 3.05) is 12.4 Å². The third-order valence-corrected chi connectivity index (χ3v) is 3.65. The summed E-state index contributed by atoms with van der Waals surface area (Å²) in [4.78, 5) is 32.9. The van der Waals surface area contributed by atoms with Crippen LogP contribution in [0.4, 0.5) is 5.69 Å². The summed E-state index contributed by atoms with van der Waals surface area (Å²) in [5, 5.41) is 5.70. The molecular formula is C16H17ClN4O2. The summed E-state index contributed by atoms with van der Waals surface area (Å²) in [5.41, 5.74) is 2.57. The number of hydrogen-bond donors (Lipinski definition) is 2. The van der Waals surface area contributed by atoms with Crippen LogP contribution in [0.15, 0.2) is 18.2 Å². The molecule has 0 unspecified atom stereocenters. The molecule has 120 valence electrons. The van der Waals surface area contributed by atoms with E-state index in [0.29, 0.717) is 22.1 Å². The van der Waals surface area contributed by atoms with E-state index in [1.54, 1.807) is 32.0 Å². The zero-order valence-corrected chi connectivity index (χ0v) is 14.1. The van der Waals surface area contributed by atoms with Crippen LogP contribution in [0.5, 0.6) is 0 Å². The number of hydrogen-bond acceptors (Lipinski definition) is 4. The second-order valence-corrected chi connectivity index (χ2v) is 5.52. The van der Waals surface area contributed by atoms with E-state index < -0.39 is 11.8 Å². The molecule has 0 aliphatic rings. The summed E-state index contributed by atoms with van der Waals surface area (Å²) in [6, 6.07) is 5.17. The summed E-state index contributed by atoms with van der Waals surface area (Å²) in [5.74, 6) is -0.974. The van der Waals surface area contributed by atoms with Gasteiger partial charge >= 0.3 is 0 Å². The van der Waals surface area contributed by atoms with Crippen LogP contribution in [-0.4, -0.2) is 28.8 Å². The molecule has 1 heterocycles. The highest BCUT2D eigenvalue weighted by molar-refractivity contribution is 6.31. The molecule has 2 amide bonds. The van der Waals surface area contributed by atoms with Gasteiger partial charge in [0.1, 0.15) is 0 Å². The Kier molecular flexibility index (Phi) is 4.95. The summed E-state index contributed by atoms with van der Waals surface area (Å²) in [7, 11) is 1.47. The minimum absolute atomic E-state index is 0.00668. The Morgan fingerprint density at radius 1 is 1.00 bits per heavy atom. The van der Waals surface area contributed by atoms with Crippen molar-refractivity contribution in [1.29, 1.82) is 0 Å². The Hall–Kier alpha value is -2.47. The van der Waals surface area contributed by atoms with E-state index in [4.69, 9.17) is 11.6 Å². The number of carbonyl (C=O) groups is 2. The van der Waals surface area contributed by atoms with Crippen molar-refractivity contribution in [2.24, 2.45) is 0 Å². The number of amides is 2. The van der Waals surface area contributed by atoms with E-state index in [1.807, 2.05) is 6.92 Å². The Labute approximate surface area is 139 Å². The van der Waals surface area contributed by atoms with E-state index in [-0.39, 0.29) is 11.4 Å². The SMILES string of the molecule is CNC(=O)c1nc(C)c(C)nc1C(=O)Nc1cc(Cl)ccc1C. The van der Waals surface area contributed by atoms with Crippen LogP contribution < -0.4 is 10.6 Å². The van der Waals surface area contributed by atoms with Crippen LogP contribution in [0.1, 0.15) is 37.9 Å². The van der Waals surface area contributed by atoms with Crippen LogP contribution in [0.3, 0.4) is 0 Å². The number of aromatic nitrogens is 2. The zero-order valence-electron chi connectivity index (χ0n) is 13.3. The number of carbonyl (C=O) groups excluding carboxylic acids is 2. The standard InChI is InChI=1S/C16H17ClN4O2/c1-8-5-6-11(17)7-12(8)21-16(23)14-13(15(22)18-4)19-9(2)10(3)20-14/h5-7H,1-4H3,(H,18,22)(H,21,23). The van der Waals surface area contributed by atoms with Gasteiger partial charge in [0.05, 0.1) is 11.4 Å². The second-order valence-electron chi connectivity index (χ2n) is 5.08. The molecular weight excluding hydrogens is 316 g/mol. The highest BCUT2D eigenvalue weighted by Gasteiger charge is 2.22. The predicted octanol–water partition coefficient (Wildman–Crippen LogP) is 2.67.